The summed E-state index contributed by atoms with van der Waals surface area (Å²) in [7, 11) is -3.49. The average Bonchev–Trinajstić information content (AvgIpc) is 3.10. The Labute approximate surface area is 142 Å². The summed E-state index contributed by atoms with van der Waals surface area (Å²) in [6, 6.07) is 5.98. The molecule has 24 heavy (non-hydrogen) atoms. The van der Waals surface area contributed by atoms with Crippen molar-refractivity contribution in [2.75, 3.05) is 26.3 Å². The number of amides is 1. The molecule has 2 N–H and O–H groups in total. The van der Waals surface area contributed by atoms with Crippen molar-refractivity contribution in [3.63, 3.8) is 0 Å². The highest BCUT2D eigenvalue weighted by Gasteiger charge is 2.16. The first-order valence-corrected chi connectivity index (χ1v) is 9.60. The number of carbonyl (C=O) groups is 1. The van der Waals surface area contributed by atoms with E-state index < -0.39 is 10.0 Å². The van der Waals surface area contributed by atoms with Gasteiger partial charge in [0.25, 0.3) is 5.91 Å². The van der Waals surface area contributed by atoms with Gasteiger partial charge in [0.05, 0.1) is 11.0 Å². The van der Waals surface area contributed by atoms with Crippen molar-refractivity contribution in [3.8, 4) is 5.75 Å². The van der Waals surface area contributed by atoms with E-state index in [9.17, 15) is 13.2 Å². The van der Waals surface area contributed by atoms with E-state index in [1.165, 1.54) is 24.3 Å². The first-order valence-electron chi connectivity index (χ1n) is 8.12. The van der Waals surface area contributed by atoms with E-state index in [1.54, 1.807) is 0 Å². The fourth-order valence-electron chi connectivity index (χ4n) is 2.27. The maximum atomic E-state index is 12.0. The highest BCUT2D eigenvalue weighted by molar-refractivity contribution is 7.89. The number of ether oxygens (including phenoxy) is 2. The van der Waals surface area contributed by atoms with Crippen LogP contribution in [0, 0.1) is 0 Å². The molecular formula is C16H24N2O5S. The zero-order valence-electron chi connectivity index (χ0n) is 13.8. The largest absolute Gasteiger partial charge is 0.484 e. The fraction of sp³-hybridized carbons (Fsp3) is 0.562. The molecule has 1 atom stereocenters. The minimum Gasteiger partial charge on any atom is -0.484 e. The maximum Gasteiger partial charge on any atom is 0.258 e. The summed E-state index contributed by atoms with van der Waals surface area (Å²) in [5.41, 5.74) is 0. The van der Waals surface area contributed by atoms with E-state index in [-0.39, 0.29) is 23.5 Å². The predicted molar refractivity (Wildman–Crippen MR) is 89.4 cm³/mol. The Balaban J connectivity index is 1.77. The van der Waals surface area contributed by atoms with Crippen molar-refractivity contribution in [2.24, 2.45) is 0 Å². The van der Waals surface area contributed by atoms with Gasteiger partial charge < -0.3 is 14.8 Å². The Kier molecular flexibility index (Phi) is 7.01. The summed E-state index contributed by atoms with van der Waals surface area (Å²) >= 11 is 0. The van der Waals surface area contributed by atoms with E-state index in [4.69, 9.17) is 9.47 Å². The van der Waals surface area contributed by atoms with E-state index in [1.807, 2.05) is 6.92 Å². The smallest absolute Gasteiger partial charge is 0.258 e. The number of sulfonamides is 1. The third-order valence-electron chi connectivity index (χ3n) is 3.60. The topological polar surface area (TPSA) is 93.7 Å². The van der Waals surface area contributed by atoms with Crippen molar-refractivity contribution >= 4 is 15.9 Å². The molecule has 1 aromatic carbocycles. The van der Waals surface area contributed by atoms with Crippen LogP contribution < -0.4 is 14.8 Å². The van der Waals surface area contributed by atoms with Crippen molar-refractivity contribution < 1.29 is 22.7 Å². The zero-order valence-corrected chi connectivity index (χ0v) is 14.6. The SMILES string of the molecule is CCCNS(=O)(=O)c1ccc(OCC(=O)NC[C@H]2CCCO2)cc1. The molecule has 1 heterocycles. The van der Waals surface area contributed by atoms with E-state index in [2.05, 4.69) is 10.0 Å². The Morgan fingerprint density at radius 2 is 2.08 bits per heavy atom. The average molecular weight is 356 g/mol. The van der Waals surface area contributed by atoms with Gasteiger partial charge in [-0.15, -0.1) is 0 Å². The molecular weight excluding hydrogens is 332 g/mol. The molecule has 0 aromatic heterocycles. The van der Waals surface area contributed by atoms with Crippen molar-refractivity contribution in [1.82, 2.24) is 10.0 Å². The molecule has 7 nitrogen and oxygen atoms in total. The molecule has 2 rings (SSSR count). The molecule has 0 saturated carbocycles. The van der Waals surface area contributed by atoms with Crippen LogP contribution in [0.15, 0.2) is 29.2 Å². The predicted octanol–water partition coefficient (Wildman–Crippen LogP) is 1.05. The summed E-state index contributed by atoms with van der Waals surface area (Å²) in [6.45, 7) is 3.41. The van der Waals surface area contributed by atoms with Gasteiger partial charge >= 0.3 is 0 Å². The van der Waals surface area contributed by atoms with Crippen LogP contribution in [0.5, 0.6) is 5.75 Å². The van der Waals surface area contributed by atoms with E-state index in [0.29, 0.717) is 18.8 Å². The molecule has 134 valence electrons. The summed E-state index contributed by atoms with van der Waals surface area (Å²) in [6.07, 6.45) is 2.80. The molecule has 1 fully saturated rings. The summed E-state index contributed by atoms with van der Waals surface area (Å²) in [5, 5.41) is 2.76. The highest BCUT2D eigenvalue weighted by Crippen LogP contribution is 2.16. The molecule has 8 heteroatoms. The number of carbonyl (C=O) groups excluding carboxylic acids is 1. The normalized spacial score (nSPS) is 17.6. The van der Waals surface area contributed by atoms with Crippen molar-refractivity contribution in [1.29, 1.82) is 0 Å². The van der Waals surface area contributed by atoms with Gasteiger partial charge in [0.1, 0.15) is 5.75 Å². The quantitative estimate of drug-likeness (QED) is 0.690. The second-order valence-electron chi connectivity index (χ2n) is 5.60. The first kappa shape index (κ1) is 18.7. The lowest BCUT2D eigenvalue weighted by molar-refractivity contribution is -0.123. The Morgan fingerprint density at radius 1 is 1.33 bits per heavy atom. The maximum absolute atomic E-state index is 12.0. The molecule has 0 aliphatic carbocycles. The van der Waals surface area contributed by atoms with Crippen LogP contribution in [0.25, 0.3) is 0 Å². The van der Waals surface area contributed by atoms with Gasteiger partial charge in [-0.2, -0.15) is 0 Å². The van der Waals surface area contributed by atoms with Crippen LogP contribution >= 0.6 is 0 Å². The third-order valence-corrected chi connectivity index (χ3v) is 5.07. The summed E-state index contributed by atoms with van der Waals surface area (Å²) < 4.78 is 37.2. The number of benzene rings is 1. The van der Waals surface area contributed by atoms with Crippen LogP contribution in [0.3, 0.4) is 0 Å². The number of hydrogen-bond acceptors (Lipinski definition) is 5. The molecule has 1 aliphatic rings. The molecule has 0 unspecified atom stereocenters. The number of nitrogens with one attached hydrogen (secondary N) is 2. The minimum atomic E-state index is -3.49. The molecule has 1 aromatic rings. The van der Waals surface area contributed by atoms with Gasteiger partial charge in [0.2, 0.25) is 10.0 Å². The Morgan fingerprint density at radius 3 is 2.71 bits per heavy atom. The van der Waals surface area contributed by atoms with E-state index in [0.717, 1.165) is 25.9 Å². The lowest BCUT2D eigenvalue weighted by Gasteiger charge is -2.11. The highest BCUT2D eigenvalue weighted by atomic mass is 32.2. The van der Waals surface area contributed by atoms with Gasteiger partial charge in [0.15, 0.2) is 6.61 Å². The summed E-state index contributed by atoms with van der Waals surface area (Å²) in [5.74, 6) is 0.212. The number of rotatable bonds is 9. The van der Waals surface area contributed by atoms with Gasteiger partial charge in [-0.25, -0.2) is 13.1 Å². The van der Waals surface area contributed by atoms with Gasteiger partial charge in [0, 0.05) is 19.7 Å². The molecule has 0 bridgehead atoms. The van der Waals surface area contributed by atoms with Crippen LogP contribution in [0.1, 0.15) is 26.2 Å². The number of hydrogen-bond donors (Lipinski definition) is 2. The van der Waals surface area contributed by atoms with Crippen molar-refractivity contribution in [2.45, 2.75) is 37.2 Å². The lowest BCUT2D eigenvalue weighted by Crippen LogP contribution is -2.35. The zero-order chi connectivity index (χ0) is 17.4. The van der Waals surface area contributed by atoms with Gasteiger partial charge in [-0.1, -0.05) is 6.92 Å². The molecule has 0 spiro atoms. The second kappa shape index (κ2) is 9.00. The molecule has 1 saturated heterocycles. The summed E-state index contributed by atoms with van der Waals surface area (Å²) in [4.78, 5) is 11.9. The lowest BCUT2D eigenvalue weighted by atomic mass is 10.2. The standard InChI is InChI=1S/C16H24N2O5S/c1-2-9-18-24(20,21)15-7-5-13(6-8-15)23-12-16(19)17-11-14-4-3-10-22-14/h5-8,14,18H,2-4,9-12H2,1H3,(H,17,19)/t14-/m1/s1. The van der Waals surface area contributed by atoms with E-state index >= 15 is 0 Å². The van der Waals surface area contributed by atoms with Crippen LogP contribution in [0.4, 0.5) is 0 Å². The second-order valence-corrected chi connectivity index (χ2v) is 7.36. The van der Waals surface area contributed by atoms with Gasteiger partial charge in [-0.05, 0) is 43.5 Å². The molecule has 1 amide bonds. The van der Waals surface area contributed by atoms with Crippen LogP contribution in [0.2, 0.25) is 0 Å². The first-order chi connectivity index (χ1) is 11.5. The minimum absolute atomic E-state index is 0.0917. The monoisotopic (exact) mass is 356 g/mol. The van der Waals surface area contributed by atoms with Crippen LogP contribution in [-0.4, -0.2) is 46.7 Å². The molecule has 1 aliphatic heterocycles. The van der Waals surface area contributed by atoms with Gasteiger partial charge in [-0.3, -0.25) is 4.79 Å². The fourth-order valence-corrected chi connectivity index (χ4v) is 3.40. The molecule has 0 radical (unpaired) electrons. The van der Waals surface area contributed by atoms with Crippen molar-refractivity contribution in [3.05, 3.63) is 24.3 Å². The Bertz CT molecular complexity index is 624. The van der Waals surface area contributed by atoms with Crippen LogP contribution in [-0.2, 0) is 19.6 Å². The Hall–Kier alpha value is -1.64. The third kappa shape index (κ3) is 5.77.